The van der Waals surface area contributed by atoms with Crippen LogP contribution in [0.2, 0.25) is 0 Å². The molecule has 1 amide bonds. The summed E-state index contributed by atoms with van der Waals surface area (Å²) in [4.78, 5) is 14.4. The number of hydrogen-bond acceptors (Lipinski definition) is 4. The van der Waals surface area contributed by atoms with Crippen LogP contribution in [0.25, 0.3) is 0 Å². The largest absolute Gasteiger partial charge is 0.324 e. The Kier molecular flexibility index (Phi) is 6.11. The van der Waals surface area contributed by atoms with E-state index in [1.807, 2.05) is 42.2 Å². The zero-order valence-electron chi connectivity index (χ0n) is 13.9. The Morgan fingerprint density at radius 1 is 1.04 bits per heavy atom. The van der Waals surface area contributed by atoms with Crippen LogP contribution in [-0.2, 0) is 21.2 Å². The van der Waals surface area contributed by atoms with Gasteiger partial charge in [-0.25, -0.2) is 8.42 Å². The van der Waals surface area contributed by atoms with E-state index in [0.717, 1.165) is 18.4 Å². The number of likely N-dealkylation sites (N-methyl/N-ethyl adjacent to an activating group) is 1. The number of carbonyl (C=O) groups is 1. The maximum atomic E-state index is 12.3. The van der Waals surface area contributed by atoms with E-state index in [1.54, 1.807) is 18.2 Å². The second-order valence-corrected chi connectivity index (χ2v) is 7.59. The lowest BCUT2D eigenvalue weighted by Gasteiger charge is -2.20. The van der Waals surface area contributed by atoms with Gasteiger partial charge in [0.25, 0.3) is 0 Å². The molecule has 0 saturated carbocycles. The SMILES string of the molecule is CCN(CC(=O)Nc1ccccc1S(C)(=O)=O)Cc1ccccc1. The van der Waals surface area contributed by atoms with Crippen molar-refractivity contribution in [3.8, 4) is 0 Å². The number of nitrogens with zero attached hydrogens (tertiary/aromatic N) is 1. The summed E-state index contributed by atoms with van der Waals surface area (Å²) < 4.78 is 23.6. The molecule has 0 heterocycles. The first-order valence-corrected chi connectivity index (χ1v) is 9.64. The van der Waals surface area contributed by atoms with E-state index in [0.29, 0.717) is 12.2 Å². The van der Waals surface area contributed by atoms with E-state index < -0.39 is 9.84 Å². The first-order chi connectivity index (χ1) is 11.4. The van der Waals surface area contributed by atoms with Crippen molar-refractivity contribution in [2.24, 2.45) is 0 Å². The summed E-state index contributed by atoms with van der Waals surface area (Å²) in [7, 11) is -3.39. The van der Waals surface area contributed by atoms with E-state index >= 15 is 0 Å². The highest BCUT2D eigenvalue weighted by molar-refractivity contribution is 7.90. The molecule has 6 heteroatoms. The molecule has 0 radical (unpaired) electrons. The number of rotatable bonds is 7. The summed E-state index contributed by atoms with van der Waals surface area (Å²) in [5.74, 6) is -0.233. The molecule has 1 N–H and O–H groups in total. The van der Waals surface area contributed by atoms with E-state index in [9.17, 15) is 13.2 Å². The van der Waals surface area contributed by atoms with Crippen LogP contribution in [0, 0.1) is 0 Å². The van der Waals surface area contributed by atoms with Gasteiger partial charge in [-0.1, -0.05) is 49.4 Å². The smallest absolute Gasteiger partial charge is 0.238 e. The highest BCUT2D eigenvalue weighted by atomic mass is 32.2. The average molecular weight is 346 g/mol. The monoisotopic (exact) mass is 346 g/mol. The normalized spacial score (nSPS) is 11.5. The second-order valence-electron chi connectivity index (χ2n) is 5.61. The van der Waals surface area contributed by atoms with Gasteiger partial charge in [0.05, 0.1) is 17.1 Å². The fraction of sp³-hybridized carbons (Fsp3) is 0.278. The predicted octanol–water partition coefficient (Wildman–Crippen LogP) is 2.55. The number of benzene rings is 2. The number of nitrogens with one attached hydrogen (secondary N) is 1. The third-order valence-electron chi connectivity index (χ3n) is 3.62. The topological polar surface area (TPSA) is 66.5 Å². The Morgan fingerprint density at radius 2 is 1.67 bits per heavy atom. The van der Waals surface area contributed by atoms with Gasteiger partial charge in [-0.2, -0.15) is 0 Å². The molecular weight excluding hydrogens is 324 g/mol. The maximum absolute atomic E-state index is 12.3. The van der Waals surface area contributed by atoms with Crippen molar-refractivity contribution in [3.05, 3.63) is 60.2 Å². The summed E-state index contributed by atoms with van der Waals surface area (Å²) in [6.07, 6.45) is 1.13. The summed E-state index contributed by atoms with van der Waals surface area (Å²) >= 11 is 0. The first-order valence-electron chi connectivity index (χ1n) is 7.75. The van der Waals surface area contributed by atoms with Crippen molar-refractivity contribution < 1.29 is 13.2 Å². The fourth-order valence-corrected chi connectivity index (χ4v) is 3.25. The van der Waals surface area contributed by atoms with E-state index in [-0.39, 0.29) is 17.3 Å². The first kappa shape index (κ1) is 18.2. The van der Waals surface area contributed by atoms with E-state index in [2.05, 4.69) is 5.32 Å². The molecule has 2 rings (SSSR count). The molecule has 0 aliphatic carbocycles. The van der Waals surface area contributed by atoms with Crippen molar-refractivity contribution in [3.63, 3.8) is 0 Å². The van der Waals surface area contributed by atoms with Crippen LogP contribution >= 0.6 is 0 Å². The molecule has 0 unspecified atom stereocenters. The van der Waals surface area contributed by atoms with Gasteiger partial charge in [0.2, 0.25) is 5.91 Å². The highest BCUT2D eigenvalue weighted by Gasteiger charge is 2.16. The van der Waals surface area contributed by atoms with Crippen LogP contribution in [-0.4, -0.2) is 38.6 Å². The molecule has 0 fully saturated rings. The quantitative estimate of drug-likeness (QED) is 0.837. The molecular formula is C18H22N2O3S. The second kappa shape index (κ2) is 8.08. The van der Waals surface area contributed by atoms with Crippen molar-refractivity contribution in [2.45, 2.75) is 18.4 Å². The summed E-state index contributed by atoms with van der Waals surface area (Å²) in [6, 6.07) is 16.3. The molecule has 0 aliphatic heterocycles. The molecule has 0 saturated heterocycles. The van der Waals surface area contributed by atoms with E-state index in [1.165, 1.54) is 6.07 Å². The lowest BCUT2D eigenvalue weighted by atomic mass is 10.2. The minimum atomic E-state index is -3.39. The number of amides is 1. The molecule has 2 aromatic carbocycles. The van der Waals surface area contributed by atoms with Crippen LogP contribution in [0.4, 0.5) is 5.69 Å². The maximum Gasteiger partial charge on any atom is 0.238 e. The van der Waals surface area contributed by atoms with Crippen LogP contribution in [0.5, 0.6) is 0 Å². The molecule has 0 aromatic heterocycles. The Morgan fingerprint density at radius 3 is 2.29 bits per heavy atom. The number of anilines is 1. The fourth-order valence-electron chi connectivity index (χ4n) is 2.41. The van der Waals surface area contributed by atoms with Gasteiger partial charge in [-0.15, -0.1) is 0 Å². The zero-order chi connectivity index (χ0) is 17.6. The van der Waals surface area contributed by atoms with Gasteiger partial charge in [0.15, 0.2) is 9.84 Å². The summed E-state index contributed by atoms with van der Waals surface area (Å²) in [5.41, 5.74) is 1.45. The highest BCUT2D eigenvalue weighted by Crippen LogP contribution is 2.20. The predicted molar refractivity (Wildman–Crippen MR) is 95.6 cm³/mol. The van der Waals surface area contributed by atoms with Crippen LogP contribution in [0.3, 0.4) is 0 Å². The van der Waals surface area contributed by atoms with Crippen LogP contribution < -0.4 is 5.32 Å². The molecule has 5 nitrogen and oxygen atoms in total. The lowest BCUT2D eigenvalue weighted by Crippen LogP contribution is -2.33. The van der Waals surface area contributed by atoms with Crippen LogP contribution in [0.15, 0.2) is 59.5 Å². The van der Waals surface area contributed by atoms with Gasteiger partial charge in [0, 0.05) is 12.8 Å². The number of sulfone groups is 1. The van der Waals surface area contributed by atoms with Crippen LogP contribution in [0.1, 0.15) is 12.5 Å². The Hall–Kier alpha value is -2.18. The minimum Gasteiger partial charge on any atom is -0.324 e. The van der Waals surface area contributed by atoms with Crippen molar-refractivity contribution in [2.75, 3.05) is 24.7 Å². The van der Waals surface area contributed by atoms with Gasteiger partial charge in [-0.3, -0.25) is 9.69 Å². The molecule has 0 bridgehead atoms. The molecule has 2 aromatic rings. The summed E-state index contributed by atoms with van der Waals surface area (Å²) in [6.45, 7) is 3.57. The summed E-state index contributed by atoms with van der Waals surface area (Å²) in [5, 5.41) is 2.71. The number of para-hydroxylation sites is 1. The standard InChI is InChI=1S/C18H22N2O3S/c1-3-20(13-15-9-5-4-6-10-15)14-18(21)19-16-11-7-8-12-17(16)24(2,22)23/h4-12H,3,13-14H2,1-2H3,(H,19,21). The average Bonchev–Trinajstić information content (AvgIpc) is 2.54. The number of hydrogen-bond donors (Lipinski definition) is 1. The zero-order valence-corrected chi connectivity index (χ0v) is 14.7. The third-order valence-corrected chi connectivity index (χ3v) is 4.78. The third kappa shape index (κ3) is 5.18. The molecule has 0 spiro atoms. The van der Waals surface area contributed by atoms with Gasteiger partial charge in [-0.05, 0) is 24.2 Å². The van der Waals surface area contributed by atoms with Crippen molar-refractivity contribution >= 4 is 21.4 Å². The van der Waals surface area contributed by atoms with Crippen molar-refractivity contribution in [1.82, 2.24) is 4.90 Å². The Balaban J connectivity index is 2.05. The molecule has 24 heavy (non-hydrogen) atoms. The minimum absolute atomic E-state index is 0.129. The Bertz CT molecular complexity index is 789. The lowest BCUT2D eigenvalue weighted by molar-refractivity contribution is -0.117. The Labute approximate surface area is 143 Å². The molecule has 0 aliphatic rings. The molecule has 128 valence electrons. The van der Waals surface area contributed by atoms with Crippen molar-refractivity contribution in [1.29, 1.82) is 0 Å². The van der Waals surface area contributed by atoms with Gasteiger partial charge >= 0.3 is 0 Å². The van der Waals surface area contributed by atoms with Gasteiger partial charge < -0.3 is 5.32 Å². The van der Waals surface area contributed by atoms with Gasteiger partial charge in [0.1, 0.15) is 0 Å². The van der Waals surface area contributed by atoms with E-state index in [4.69, 9.17) is 0 Å². The molecule has 0 atom stereocenters. The number of carbonyl (C=O) groups excluding carboxylic acids is 1.